The number of rotatable bonds is 9. The minimum Gasteiger partial charge on any atom is -0.482 e. The summed E-state index contributed by atoms with van der Waals surface area (Å²) < 4.78 is 17.6. The number of esters is 1. The van der Waals surface area contributed by atoms with Crippen molar-refractivity contribution in [2.75, 3.05) is 18.5 Å². The molecule has 0 saturated carbocycles. The first kappa shape index (κ1) is 27.2. The van der Waals surface area contributed by atoms with Crippen molar-refractivity contribution < 1.29 is 28.9 Å². The highest BCUT2D eigenvalue weighted by molar-refractivity contribution is 5.72. The van der Waals surface area contributed by atoms with E-state index in [0.29, 0.717) is 34.3 Å². The average molecular weight is 511 g/mol. The highest BCUT2D eigenvalue weighted by atomic mass is 16.6. The van der Waals surface area contributed by atoms with Crippen LogP contribution in [0.3, 0.4) is 0 Å². The van der Waals surface area contributed by atoms with E-state index in [1.54, 1.807) is 58.9 Å². The predicted molar refractivity (Wildman–Crippen MR) is 136 cm³/mol. The van der Waals surface area contributed by atoms with Gasteiger partial charge in [-0.25, -0.2) is 19.6 Å². The Bertz CT molecular complexity index is 1350. The number of carboxylic acids is 1. The van der Waals surface area contributed by atoms with E-state index >= 15 is 0 Å². The number of ether oxygens (including phenoxy) is 3. The fourth-order valence-electron chi connectivity index (χ4n) is 3.43. The van der Waals surface area contributed by atoms with Gasteiger partial charge in [0.25, 0.3) is 5.56 Å². The van der Waals surface area contributed by atoms with Gasteiger partial charge < -0.3 is 24.6 Å². The molecule has 1 aromatic carbocycles. The number of aliphatic carboxylic acids is 1. The number of benzene rings is 1. The molecular formula is C26H30N4O7. The first-order chi connectivity index (χ1) is 17.3. The molecule has 0 fully saturated rings. The largest absolute Gasteiger partial charge is 0.482 e. The van der Waals surface area contributed by atoms with Crippen LogP contribution >= 0.6 is 0 Å². The minimum atomic E-state index is -1.10. The molecule has 0 aliphatic carbocycles. The summed E-state index contributed by atoms with van der Waals surface area (Å²) in [5, 5.41) is 11.9. The maximum atomic E-state index is 13.2. The van der Waals surface area contributed by atoms with Gasteiger partial charge in [0.05, 0.1) is 5.69 Å². The van der Waals surface area contributed by atoms with Crippen molar-refractivity contribution in [3.05, 3.63) is 63.8 Å². The number of carboxylic acid groups (broad SMARTS) is 1. The Hall–Kier alpha value is -4.41. The van der Waals surface area contributed by atoms with Gasteiger partial charge in [0.15, 0.2) is 19.0 Å². The van der Waals surface area contributed by atoms with E-state index in [0.717, 1.165) is 5.56 Å². The fourth-order valence-corrected chi connectivity index (χ4v) is 3.43. The van der Waals surface area contributed by atoms with Crippen molar-refractivity contribution >= 4 is 23.4 Å². The zero-order valence-electron chi connectivity index (χ0n) is 21.6. The van der Waals surface area contributed by atoms with Crippen molar-refractivity contribution in [3.63, 3.8) is 0 Å². The van der Waals surface area contributed by atoms with E-state index < -0.39 is 29.7 Å². The molecular weight excluding hydrogens is 480 g/mol. The Labute approximate surface area is 214 Å². The molecule has 0 spiro atoms. The topological polar surface area (TPSA) is 142 Å². The van der Waals surface area contributed by atoms with Crippen LogP contribution in [0.2, 0.25) is 0 Å². The summed E-state index contributed by atoms with van der Waals surface area (Å²) in [5.41, 5.74) is 1.34. The van der Waals surface area contributed by atoms with E-state index in [1.807, 2.05) is 6.92 Å². The summed E-state index contributed by atoms with van der Waals surface area (Å²) in [6.07, 6.45) is 2.94. The summed E-state index contributed by atoms with van der Waals surface area (Å²) in [4.78, 5) is 44.6. The number of pyridine rings is 1. The number of anilines is 2. The molecule has 0 saturated heterocycles. The molecule has 37 heavy (non-hydrogen) atoms. The second-order valence-electron chi connectivity index (χ2n) is 9.33. The number of carbonyl (C=O) groups is 2. The summed E-state index contributed by atoms with van der Waals surface area (Å²) in [6.45, 7) is 9.83. The maximum absolute atomic E-state index is 13.2. The van der Waals surface area contributed by atoms with Gasteiger partial charge >= 0.3 is 11.9 Å². The van der Waals surface area contributed by atoms with E-state index in [-0.39, 0.29) is 12.4 Å². The third kappa shape index (κ3) is 7.29. The van der Waals surface area contributed by atoms with Crippen molar-refractivity contribution in [2.24, 2.45) is 0 Å². The average Bonchev–Trinajstić information content (AvgIpc) is 2.78. The predicted octanol–water partition coefficient (Wildman–Crippen LogP) is 3.48. The summed E-state index contributed by atoms with van der Waals surface area (Å²) in [6, 6.07) is 6.84. The quantitative estimate of drug-likeness (QED) is 0.411. The van der Waals surface area contributed by atoms with Crippen LogP contribution in [0.15, 0.2) is 41.5 Å². The molecule has 0 unspecified atom stereocenters. The van der Waals surface area contributed by atoms with Gasteiger partial charge in [0.2, 0.25) is 0 Å². The van der Waals surface area contributed by atoms with Crippen LogP contribution < -0.4 is 20.3 Å². The molecule has 0 aliphatic rings. The number of nitrogens with one attached hydrogen (secondary N) is 1. The molecule has 3 aromatic rings. The lowest BCUT2D eigenvalue weighted by Crippen LogP contribution is -2.27. The second-order valence-corrected chi connectivity index (χ2v) is 9.33. The third-order valence-corrected chi connectivity index (χ3v) is 4.96. The zero-order valence-corrected chi connectivity index (χ0v) is 21.6. The number of aryl methyl sites for hydroxylation is 3. The molecule has 11 nitrogen and oxygen atoms in total. The molecule has 2 N–H and O–H groups in total. The van der Waals surface area contributed by atoms with Crippen LogP contribution in [0.25, 0.3) is 5.82 Å². The standard InChI is InChI=1S/C26H30N4O7/c1-15-7-8-18(12-19(15)35-14-22(33)37-26(4,5)6)29-24-25(34)30(10-9-27-24)20-11-16(2)23(17(3)28-20)36-13-21(31)32/h7-12H,13-14H2,1-6H3,(H,27,29)(H,31,32). The lowest BCUT2D eigenvalue weighted by atomic mass is 10.2. The highest BCUT2D eigenvalue weighted by Crippen LogP contribution is 2.25. The van der Waals surface area contributed by atoms with Crippen molar-refractivity contribution in [2.45, 2.75) is 47.1 Å². The lowest BCUT2D eigenvalue weighted by molar-refractivity contribution is -0.157. The Morgan fingerprint density at radius 1 is 1.05 bits per heavy atom. The summed E-state index contributed by atoms with van der Waals surface area (Å²) >= 11 is 0. The maximum Gasteiger partial charge on any atom is 0.344 e. The molecule has 0 amide bonds. The SMILES string of the molecule is Cc1ccc(Nc2nccn(-c3cc(C)c(OCC(=O)O)c(C)n3)c2=O)cc1OCC(=O)OC(C)(C)C. The van der Waals surface area contributed by atoms with Gasteiger partial charge in [-0.15, -0.1) is 0 Å². The van der Waals surface area contributed by atoms with Gasteiger partial charge in [0.1, 0.15) is 22.9 Å². The van der Waals surface area contributed by atoms with E-state index in [4.69, 9.17) is 19.3 Å². The Morgan fingerprint density at radius 2 is 1.78 bits per heavy atom. The van der Waals surface area contributed by atoms with Crippen LogP contribution in [0.5, 0.6) is 11.5 Å². The van der Waals surface area contributed by atoms with Crippen molar-refractivity contribution in [1.82, 2.24) is 14.5 Å². The van der Waals surface area contributed by atoms with Gasteiger partial charge in [0, 0.05) is 24.1 Å². The highest BCUT2D eigenvalue weighted by Gasteiger charge is 2.18. The molecule has 11 heteroatoms. The smallest absolute Gasteiger partial charge is 0.344 e. The minimum absolute atomic E-state index is 0.0488. The van der Waals surface area contributed by atoms with Crippen LogP contribution in [-0.2, 0) is 14.3 Å². The Morgan fingerprint density at radius 3 is 2.43 bits per heavy atom. The number of aromatic nitrogens is 3. The zero-order chi connectivity index (χ0) is 27.3. The fraction of sp³-hybridized carbons (Fsp3) is 0.346. The van der Waals surface area contributed by atoms with Crippen LogP contribution in [-0.4, -0.2) is 50.4 Å². The molecule has 3 rings (SSSR count). The first-order valence-corrected chi connectivity index (χ1v) is 11.5. The molecule has 2 aromatic heterocycles. The van der Waals surface area contributed by atoms with Crippen LogP contribution in [0, 0.1) is 20.8 Å². The van der Waals surface area contributed by atoms with E-state index in [9.17, 15) is 14.4 Å². The number of hydrogen-bond acceptors (Lipinski definition) is 9. The van der Waals surface area contributed by atoms with E-state index in [1.165, 1.54) is 17.0 Å². The number of nitrogens with zero attached hydrogens (tertiary/aromatic N) is 3. The van der Waals surface area contributed by atoms with E-state index in [2.05, 4.69) is 15.3 Å². The molecule has 2 heterocycles. The van der Waals surface area contributed by atoms with Gasteiger partial charge in [-0.3, -0.25) is 9.36 Å². The van der Waals surface area contributed by atoms with Gasteiger partial charge in [-0.2, -0.15) is 0 Å². The Balaban J connectivity index is 1.82. The molecule has 0 radical (unpaired) electrons. The molecule has 0 aliphatic heterocycles. The number of carbonyl (C=O) groups excluding carboxylic acids is 1. The molecule has 0 bridgehead atoms. The molecule has 196 valence electrons. The third-order valence-electron chi connectivity index (χ3n) is 4.96. The summed E-state index contributed by atoms with van der Waals surface area (Å²) in [7, 11) is 0. The van der Waals surface area contributed by atoms with Crippen LogP contribution in [0.1, 0.15) is 37.6 Å². The van der Waals surface area contributed by atoms with Gasteiger partial charge in [-0.1, -0.05) is 6.07 Å². The van der Waals surface area contributed by atoms with Gasteiger partial charge in [-0.05, 0) is 64.8 Å². The normalized spacial score (nSPS) is 11.1. The van der Waals surface area contributed by atoms with Crippen molar-refractivity contribution in [1.29, 1.82) is 0 Å². The van der Waals surface area contributed by atoms with Crippen molar-refractivity contribution in [3.8, 4) is 17.3 Å². The summed E-state index contributed by atoms with van der Waals surface area (Å²) in [5.74, 6) is -0.401. The second kappa shape index (κ2) is 11.1. The Kier molecular flexibility index (Phi) is 8.16. The molecule has 0 atom stereocenters. The lowest BCUT2D eigenvalue weighted by Gasteiger charge is -2.20. The monoisotopic (exact) mass is 510 g/mol. The van der Waals surface area contributed by atoms with Crippen LogP contribution in [0.4, 0.5) is 11.5 Å². The first-order valence-electron chi connectivity index (χ1n) is 11.5. The number of hydrogen-bond donors (Lipinski definition) is 2.